The first-order valence-electron chi connectivity index (χ1n) is 15.8. The van der Waals surface area contributed by atoms with Gasteiger partial charge in [0.2, 0.25) is 11.8 Å². The second kappa shape index (κ2) is 10.7. The summed E-state index contributed by atoms with van der Waals surface area (Å²) in [5.41, 5.74) is 3.34. The minimum Gasteiger partial charge on any atom is -0.329 e. The zero-order chi connectivity index (χ0) is 30.7. The number of aromatic nitrogens is 2. The maximum atomic E-state index is 14.2. The average molecular weight is 614 g/mol. The van der Waals surface area contributed by atoms with E-state index in [9.17, 15) is 26.7 Å². The van der Waals surface area contributed by atoms with Crippen molar-refractivity contribution in [1.29, 1.82) is 0 Å². The molecule has 0 aliphatic heterocycles. The van der Waals surface area contributed by atoms with E-state index >= 15 is 0 Å². The van der Waals surface area contributed by atoms with Crippen LogP contribution in [0, 0.1) is 11.3 Å². The van der Waals surface area contributed by atoms with Gasteiger partial charge in [-0.2, -0.15) is 18.2 Å². The third-order valence-electron chi connectivity index (χ3n) is 10.8. The molecule has 0 radical (unpaired) electrons. The quantitative estimate of drug-likeness (QED) is 0.250. The van der Waals surface area contributed by atoms with Crippen LogP contribution in [-0.4, -0.2) is 28.5 Å². The fourth-order valence-corrected chi connectivity index (χ4v) is 7.75. The van der Waals surface area contributed by atoms with Crippen molar-refractivity contribution in [3.63, 3.8) is 0 Å². The molecule has 5 saturated carbocycles. The number of carbonyl (C=O) groups excluding carboxylic acids is 1. The summed E-state index contributed by atoms with van der Waals surface area (Å²) in [4.78, 5) is 19.7. The number of halogens is 5. The molecule has 1 heterocycles. The lowest BCUT2D eigenvalue weighted by molar-refractivity contribution is -0.159. The molecule has 0 spiro atoms. The Morgan fingerprint density at radius 3 is 2.11 bits per heavy atom. The predicted molar refractivity (Wildman–Crippen MR) is 154 cm³/mol. The topological polar surface area (TPSA) is 59.2 Å². The standard InChI is InChI=1S/C34H36F5N3O2/c35-33(36)12-10-25(11-13-33)28(43)42(27-3-1-2-26(20-27)24-8-6-23(7-9-24)22-4-5-22)21-31-14-17-32(18-15-31,19-16-31)29-40-30(44-41-29)34(37,38)39/h1-3,6-9,20,22,25H,4-5,10-19,21H2. The van der Waals surface area contributed by atoms with Crippen LogP contribution >= 0.6 is 0 Å². The normalized spacial score (nSPS) is 26.9. The summed E-state index contributed by atoms with van der Waals surface area (Å²) >= 11 is 0. The predicted octanol–water partition coefficient (Wildman–Crippen LogP) is 9.08. The van der Waals surface area contributed by atoms with Gasteiger partial charge in [-0.15, -0.1) is 0 Å². The van der Waals surface area contributed by atoms with Gasteiger partial charge < -0.3 is 9.42 Å². The van der Waals surface area contributed by atoms with E-state index < -0.39 is 29.3 Å². The first-order chi connectivity index (χ1) is 20.9. The molecule has 3 aromatic rings. The van der Waals surface area contributed by atoms with Crippen LogP contribution in [0.3, 0.4) is 0 Å². The number of alkyl halides is 5. The third-order valence-corrected chi connectivity index (χ3v) is 10.8. The smallest absolute Gasteiger partial charge is 0.329 e. The molecule has 5 fully saturated rings. The van der Waals surface area contributed by atoms with Crippen LogP contribution in [0.4, 0.5) is 27.6 Å². The van der Waals surface area contributed by atoms with Crippen LogP contribution in [0.1, 0.15) is 100 Å². The second-order valence-corrected chi connectivity index (χ2v) is 13.7. The monoisotopic (exact) mass is 613 g/mol. The van der Waals surface area contributed by atoms with Crippen molar-refractivity contribution in [1.82, 2.24) is 10.1 Å². The van der Waals surface area contributed by atoms with Crippen LogP contribution in [-0.2, 0) is 16.4 Å². The van der Waals surface area contributed by atoms with Crippen molar-refractivity contribution >= 4 is 11.6 Å². The summed E-state index contributed by atoms with van der Waals surface area (Å²) in [6.07, 6.45) is 1.43. The van der Waals surface area contributed by atoms with E-state index in [2.05, 4.69) is 38.9 Å². The molecule has 10 heteroatoms. The molecule has 0 atom stereocenters. The summed E-state index contributed by atoms with van der Waals surface area (Å²) in [5.74, 6) is -3.87. The fraction of sp³-hybridized carbons (Fsp3) is 0.559. The largest absolute Gasteiger partial charge is 0.471 e. The first kappa shape index (κ1) is 29.4. The fourth-order valence-electron chi connectivity index (χ4n) is 7.75. The van der Waals surface area contributed by atoms with Gasteiger partial charge in [-0.05, 0) is 104 Å². The number of amides is 1. The average Bonchev–Trinajstić information content (AvgIpc) is 3.74. The molecule has 0 unspecified atom stereocenters. The molecule has 2 aromatic carbocycles. The summed E-state index contributed by atoms with van der Waals surface area (Å²) in [6, 6.07) is 16.5. The lowest BCUT2D eigenvalue weighted by atomic mass is 9.53. The van der Waals surface area contributed by atoms with Crippen molar-refractivity contribution in [2.75, 3.05) is 11.4 Å². The van der Waals surface area contributed by atoms with E-state index in [-0.39, 0.29) is 42.8 Å². The Balaban J connectivity index is 1.14. The Morgan fingerprint density at radius 2 is 1.52 bits per heavy atom. The van der Waals surface area contributed by atoms with Gasteiger partial charge in [-0.3, -0.25) is 4.79 Å². The van der Waals surface area contributed by atoms with Crippen LogP contribution < -0.4 is 4.90 Å². The summed E-state index contributed by atoms with van der Waals surface area (Å²) in [6.45, 7) is 0.443. The molecule has 8 rings (SSSR count). The molecule has 44 heavy (non-hydrogen) atoms. The van der Waals surface area contributed by atoms with Gasteiger partial charge in [0.1, 0.15) is 0 Å². The highest BCUT2D eigenvalue weighted by Gasteiger charge is 2.53. The number of hydrogen-bond donors (Lipinski definition) is 0. The number of anilines is 1. The molecule has 5 aliphatic rings. The maximum absolute atomic E-state index is 14.2. The van der Waals surface area contributed by atoms with Crippen molar-refractivity contribution in [2.45, 2.75) is 100 Å². The van der Waals surface area contributed by atoms with Gasteiger partial charge in [-0.1, -0.05) is 41.6 Å². The number of benzene rings is 2. The molecular weight excluding hydrogens is 577 g/mol. The molecule has 234 valence electrons. The zero-order valence-electron chi connectivity index (χ0n) is 24.5. The number of rotatable bonds is 7. The van der Waals surface area contributed by atoms with E-state index in [1.807, 2.05) is 29.2 Å². The van der Waals surface area contributed by atoms with Gasteiger partial charge >= 0.3 is 12.1 Å². The van der Waals surface area contributed by atoms with E-state index in [4.69, 9.17) is 0 Å². The Morgan fingerprint density at radius 1 is 0.864 bits per heavy atom. The third kappa shape index (κ3) is 5.65. The minimum absolute atomic E-state index is 0.119. The van der Waals surface area contributed by atoms with Gasteiger partial charge in [-0.25, -0.2) is 8.78 Å². The van der Waals surface area contributed by atoms with Crippen LogP contribution in [0.5, 0.6) is 0 Å². The van der Waals surface area contributed by atoms with E-state index in [0.717, 1.165) is 16.8 Å². The summed E-state index contributed by atoms with van der Waals surface area (Å²) in [5, 5.41) is 3.73. The van der Waals surface area contributed by atoms with E-state index in [1.54, 1.807) is 0 Å². The van der Waals surface area contributed by atoms with Crippen LogP contribution in [0.25, 0.3) is 11.1 Å². The Bertz CT molecular complexity index is 1490. The molecule has 0 N–H and O–H groups in total. The van der Waals surface area contributed by atoms with E-state index in [0.29, 0.717) is 51.0 Å². The number of carbonyl (C=O) groups is 1. The van der Waals surface area contributed by atoms with Crippen molar-refractivity contribution in [2.24, 2.45) is 11.3 Å². The maximum Gasteiger partial charge on any atom is 0.471 e. The molecule has 1 aromatic heterocycles. The number of hydrogen-bond acceptors (Lipinski definition) is 4. The highest BCUT2D eigenvalue weighted by atomic mass is 19.4. The molecule has 5 aliphatic carbocycles. The summed E-state index contributed by atoms with van der Waals surface area (Å²) in [7, 11) is 0. The SMILES string of the molecule is O=C(C1CCC(F)(F)CC1)N(CC12CCC(c3noc(C(F)(F)F)n3)(CC1)CC2)c1cccc(-c2ccc(C3CC3)cc2)c1. The van der Waals surface area contributed by atoms with Gasteiger partial charge in [0, 0.05) is 36.4 Å². The van der Waals surface area contributed by atoms with E-state index in [1.165, 1.54) is 18.4 Å². The lowest BCUT2D eigenvalue weighted by Crippen LogP contribution is -2.52. The molecule has 0 saturated heterocycles. The molecule has 5 nitrogen and oxygen atoms in total. The number of nitrogens with zero attached hydrogens (tertiary/aromatic N) is 3. The van der Waals surface area contributed by atoms with Crippen molar-refractivity contribution < 1.29 is 31.3 Å². The van der Waals surface area contributed by atoms with Gasteiger partial charge in [0.05, 0.1) is 0 Å². The first-order valence-corrected chi connectivity index (χ1v) is 15.8. The minimum atomic E-state index is -4.69. The Hall–Kier alpha value is -3.30. The van der Waals surface area contributed by atoms with Crippen LogP contribution in [0.2, 0.25) is 0 Å². The van der Waals surface area contributed by atoms with Gasteiger partial charge in [0.25, 0.3) is 0 Å². The molecular formula is C34H36F5N3O2. The molecule has 1 amide bonds. The zero-order valence-corrected chi connectivity index (χ0v) is 24.5. The summed E-state index contributed by atoms with van der Waals surface area (Å²) < 4.78 is 72.1. The Labute approximate surface area is 253 Å². The second-order valence-electron chi connectivity index (χ2n) is 13.7. The highest BCUT2D eigenvalue weighted by molar-refractivity contribution is 5.96. The van der Waals surface area contributed by atoms with Crippen molar-refractivity contribution in [3.8, 4) is 11.1 Å². The molecule has 2 bridgehead atoms. The Kier molecular flexibility index (Phi) is 7.12. The highest BCUT2D eigenvalue weighted by Crippen LogP contribution is 2.58. The van der Waals surface area contributed by atoms with Gasteiger partial charge in [0.15, 0.2) is 5.82 Å². The van der Waals surface area contributed by atoms with Crippen LogP contribution in [0.15, 0.2) is 53.1 Å². The van der Waals surface area contributed by atoms with Crippen molar-refractivity contribution in [3.05, 3.63) is 65.8 Å². The lowest BCUT2D eigenvalue weighted by Gasteiger charge is -2.53. The number of fused-ring (bicyclic) bond motifs is 3.